The number of hydrogen-bond acceptors (Lipinski definition) is 4. The van der Waals surface area contributed by atoms with E-state index in [0.29, 0.717) is 0 Å². The van der Waals surface area contributed by atoms with Crippen LogP contribution in [0.3, 0.4) is 0 Å². The molecule has 0 unspecified atom stereocenters. The Balaban J connectivity index is 2.68. The van der Waals surface area contributed by atoms with Crippen molar-refractivity contribution in [2.45, 2.75) is 0 Å². The minimum absolute atomic E-state index is 0.0299. The van der Waals surface area contributed by atoms with E-state index in [1.165, 1.54) is 24.3 Å². The van der Waals surface area contributed by atoms with Crippen LogP contribution < -0.4 is 5.32 Å². The van der Waals surface area contributed by atoms with E-state index in [0.717, 1.165) is 0 Å². The summed E-state index contributed by atoms with van der Waals surface area (Å²) >= 11 is 0. The summed E-state index contributed by atoms with van der Waals surface area (Å²) in [6.45, 7) is -0.169. The standard InChI is InChI=1S/C10H11NO4/c12-6-5-11-10(15)9(14)7-1-3-8(13)4-2-7/h1-4,12-13H,5-6H2,(H,11,15). The van der Waals surface area contributed by atoms with Gasteiger partial charge in [-0.15, -0.1) is 0 Å². The van der Waals surface area contributed by atoms with Gasteiger partial charge in [0, 0.05) is 12.1 Å². The fourth-order valence-electron chi connectivity index (χ4n) is 0.994. The zero-order valence-electron chi connectivity index (χ0n) is 7.93. The summed E-state index contributed by atoms with van der Waals surface area (Å²) < 4.78 is 0. The summed E-state index contributed by atoms with van der Waals surface area (Å²) in [7, 11) is 0. The first kappa shape index (κ1) is 11.2. The lowest BCUT2D eigenvalue weighted by atomic mass is 10.1. The maximum atomic E-state index is 11.4. The van der Waals surface area contributed by atoms with Gasteiger partial charge in [0.15, 0.2) is 0 Å². The SMILES string of the molecule is O=C(NCCO)C(=O)c1ccc(O)cc1. The molecule has 0 aromatic heterocycles. The zero-order valence-corrected chi connectivity index (χ0v) is 7.93. The second-order valence-corrected chi connectivity index (χ2v) is 2.86. The van der Waals surface area contributed by atoms with Crippen molar-refractivity contribution < 1.29 is 19.8 Å². The monoisotopic (exact) mass is 209 g/mol. The topological polar surface area (TPSA) is 86.6 Å². The van der Waals surface area contributed by atoms with E-state index in [1.54, 1.807) is 0 Å². The molecule has 0 aliphatic heterocycles. The number of phenols is 1. The normalized spacial score (nSPS) is 9.67. The number of carbonyl (C=O) groups is 2. The van der Waals surface area contributed by atoms with Gasteiger partial charge in [-0.2, -0.15) is 0 Å². The van der Waals surface area contributed by atoms with Gasteiger partial charge < -0.3 is 15.5 Å². The van der Waals surface area contributed by atoms with Crippen molar-refractivity contribution >= 4 is 11.7 Å². The molecule has 0 saturated carbocycles. The second-order valence-electron chi connectivity index (χ2n) is 2.86. The number of Topliss-reactive ketones (excluding diaryl/α,β-unsaturated/α-hetero) is 1. The van der Waals surface area contributed by atoms with Crippen molar-refractivity contribution in [2.75, 3.05) is 13.2 Å². The first-order chi connectivity index (χ1) is 7.15. The van der Waals surface area contributed by atoms with E-state index in [-0.39, 0.29) is 24.5 Å². The van der Waals surface area contributed by atoms with Gasteiger partial charge in [-0.3, -0.25) is 9.59 Å². The van der Waals surface area contributed by atoms with Gasteiger partial charge in [0.2, 0.25) is 5.78 Å². The summed E-state index contributed by atoms with van der Waals surface area (Å²) in [4.78, 5) is 22.5. The van der Waals surface area contributed by atoms with Gasteiger partial charge in [0.1, 0.15) is 5.75 Å². The number of hydrogen-bond donors (Lipinski definition) is 3. The number of nitrogens with one attached hydrogen (secondary N) is 1. The first-order valence-corrected chi connectivity index (χ1v) is 4.37. The zero-order chi connectivity index (χ0) is 11.3. The van der Waals surface area contributed by atoms with E-state index in [9.17, 15) is 9.59 Å². The molecule has 0 aliphatic carbocycles. The van der Waals surface area contributed by atoms with Crippen LogP contribution in [0.4, 0.5) is 0 Å². The van der Waals surface area contributed by atoms with Crippen LogP contribution in [0.15, 0.2) is 24.3 Å². The summed E-state index contributed by atoms with van der Waals surface area (Å²) in [5.74, 6) is -1.43. The predicted octanol–water partition coefficient (Wildman–Crippen LogP) is -0.317. The minimum atomic E-state index is -0.769. The first-order valence-electron chi connectivity index (χ1n) is 4.37. The molecule has 1 rings (SSSR count). The highest BCUT2D eigenvalue weighted by Gasteiger charge is 2.14. The molecule has 0 bridgehead atoms. The lowest BCUT2D eigenvalue weighted by Gasteiger charge is -2.02. The Morgan fingerprint density at radius 3 is 2.33 bits per heavy atom. The Kier molecular flexibility index (Phi) is 3.82. The summed E-state index contributed by atoms with van der Waals surface area (Å²) in [6, 6.07) is 5.37. The molecule has 0 saturated heterocycles. The molecule has 0 heterocycles. The second kappa shape index (κ2) is 5.11. The van der Waals surface area contributed by atoms with Crippen molar-refractivity contribution in [3.63, 3.8) is 0 Å². The van der Waals surface area contributed by atoms with Crippen molar-refractivity contribution in [1.29, 1.82) is 0 Å². The smallest absolute Gasteiger partial charge is 0.292 e. The van der Waals surface area contributed by atoms with Gasteiger partial charge in [0.05, 0.1) is 6.61 Å². The number of aromatic hydroxyl groups is 1. The molecular formula is C10H11NO4. The largest absolute Gasteiger partial charge is 0.508 e. The van der Waals surface area contributed by atoms with Crippen LogP contribution in [0.1, 0.15) is 10.4 Å². The number of phenolic OH excluding ortho intramolecular Hbond substituents is 1. The van der Waals surface area contributed by atoms with Crippen molar-refractivity contribution in [1.82, 2.24) is 5.32 Å². The molecule has 1 aromatic rings. The lowest BCUT2D eigenvalue weighted by molar-refractivity contribution is -0.117. The van der Waals surface area contributed by atoms with Gasteiger partial charge in [-0.1, -0.05) is 0 Å². The fraction of sp³-hybridized carbons (Fsp3) is 0.200. The number of ketones is 1. The summed E-state index contributed by atoms with van der Waals surface area (Å²) in [5.41, 5.74) is 0.197. The number of rotatable bonds is 4. The summed E-state index contributed by atoms with van der Waals surface area (Å²) in [5, 5.41) is 19.7. The third-order valence-corrected chi connectivity index (χ3v) is 1.73. The maximum absolute atomic E-state index is 11.4. The quantitative estimate of drug-likeness (QED) is 0.468. The van der Waals surface area contributed by atoms with E-state index < -0.39 is 11.7 Å². The van der Waals surface area contributed by atoms with Gasteiger partial charge in [0.25, 0.3) is 5.91 Å². The Morgan fingerprint density at radius 2 is 1.80 bits per heavy atom. The Bertz CT molecular complexity index is 358. The number of aliphatic hydroxyl groups is 1. The highest BCUT2D eigenvalue weighted by molar-refractivity contribution is 6.42. The van der Waals surface area contributed by atoms with Crippen LogP contribution in [-0.2, 0) is 4.79 Å². The minimum Gasteiger partial charge on any atom is -0.508 e. The average Bonchev–Trinajstić information content (AvgIpc) is 2.26. The van der Waals surface area contributed by atoms with Crippen molar-refractivity contribution in [3.8, 4) is 5.75 Å². The number of aliphatic hydroxyl groups excluding tert-OH is 1. The van der Waals surface area contributed by atoms with E-state index in [4.69, 9.17) is 10.2 Å². The average molecular weight is 209 g/mol. The van der Waals surface area contributed by atoms with Crippen LogP contribution in [0.5, 0.6) is 5.75 Å². The van der Waals surface area contributed by atoms with Crippen LogP contribution in [0, 0.1) is 0 Å². The Hall–Kier alpha value is -1.88. The van der Waals surface area contributed by atoms with Crippen LogP contribution >= 0.6 is 0 Å². The highest BCUT2D eigenvalue weighted by Crippen LogP contribution is 2.09. The third kappa shape index (κ3) is 3.07. The van der Waals surface area contributed by atoms with E-state index in [1.807, 2.05) is 0 Å². The van der Waals surface area contributed by atoms with Crippen LogP contribution in [0.25, 0.3) is 0 Å². The molecular weight excluding hydrogens is 198 g/mol. The van der Waals surface area contributed by atoms with Gasteiger partial charge in [-0.25, -0.2) is 0 Å². The lowest BCUT2D eigenvalue weighted by Crippen LogP contribution is -2.33. The Morgan fingerprint density at radius 1 is 1.20 bits per heavy atom. The molecule has 5 nitrogen and oxygen atoms in total. The number of carbonyl (C=O) groups excluding carboxylic acids is 2. The molecule has 1 amide bonds. The molecule has 1 aromatic carbocycles. The van der Waals surface area contributed by atoms with Crippen molar-refractivity contribution in [2.24, 2.45) is 0 Å². The van der Waals surface area contributed by atoms with Crippen LogP contribution in [0.2, 0.25) is 0 Å². The molecule has 0 atom stereocenters. The van der Waals surface area contributed by atoms with Gasteiger partial charge in [-0.05, 0) is 24.3 Å². The van der Waals surface area contributed by atoms with E-state index in [2.05, 4.69) is 5.32 Å². The maximum Gasteiger partial charge on any atom is 0.292 e. The Labute approximate surface area is 86.4 Å². The fourth-order valence-corrected chi connectivity index (χ4v) is 0.994. The molecule has 0 radical (unpaired) electrons. The van der Waals surface area contributed by atoms with Crippen molar-refractivity contribution in [3.05, 3.63) is 29.8 Å². The molecule has 0 aliphatic rings. The molecule has 3 N–H and O–H groups in total. The molecule has 80 valence electrons. The van der Waals surface area contributed by atoms with Crippen LogP contribution in [-0.4, -0.2) is 35.1 Å². The molecule has 0 spiro atoms. The number of benzene rings is 1. The number of amides is 1. The van der Waals surface area contributed by atoms with E-state index >= 15 is 0 Å². The highest BCUT2D eigenvalue weighted by atomic mass is 16.3. The summed E-state index contributed by atoms with van der Waals surface area (Å²) in [6.07, 6.45) is 0. The molecule has 5 heteroatoms. The third-order valence-electron chi connectivity index (χ3n) is 1.73. The predicted molar refractivity (Wildman–Crippen MR) is 52.5 cm³/mol. The van der Waals surface area contributed by atoms with Gasteiger partial charge >= 0.3 is 0 Å². The molecule has 15 heavy (non-hydrogen) atoms. The molecule has 0 fully saturated rings.